The fourth-order valence-corrected chi connectivity index (χ4v) is 3.23. The van der Waals surface area contributed by atoms with Crippen molar-refractivity contribution in [1.82, 2.24) is 4.98 Å². The minimum absolute atomic E-state index is 0.0664. The van der Waals surface area contributed by atoms with Crippen molar-refractivity contribution in [3.8, 4) is 16.3 Å². The summed E-state index contributed by atoms with van der Waals surface area (Å²) in [4.78, 5) is 15.4. The van der Waals surface area contributed by atoms with E-state index in [0.717, 1.165) is 15.2 Å². The second-order valence-electron chi connectivity index (χ2n) is 4.97. The van der Waals surface area contributed by atoms with E-state index >= 15 is 0 Å². The van der Waals surface area contributed by atoms with Gasteiger partial charge in [0.25, 0.3) is 0 Å². The van der Waals surface area contributed by atoms with Crippen molar-refractivity contribution in [2.24, 2.45) is 0 Å². The van der Waals surface area contributed by atoms with Crippen molar-refractivity contribution in [2.45, 2.75) is 6.92 Å². The van der Waals surface area contributed by atoms with E-state index in [1.54, 1.807) is 12.1 Å². The van der Waals surface area contributed by atoms with Crippen molar-refractivity contribution in [1.29, 1.82) is 0 Å². The molecule has 3 aromatic rings. The summed E-state index contributed by atoms with van der Waals surface area (Å²) >= 11 is 1.51. The van der Waals surface area contributed by atoms with Crippen LogP contribution in [0.15, 0.2) is 42.5 Å². The van der Waals surface area contributed by atoms with Crippen LogP contribution in [0.25, 0.3) is 20.8 Å². The van der Waals surface area contributed by atoms with Gasteiger partial charge in [0.1, 0.15) is 11.6 Å². The van der Waals surface area contributed by atoms with Gasteiger partial charge in [-0.2, -0.15) is 0 Å². The number of benzene rings is 2. The van der Waals surface area contributed by atoms with E-state index in [4.69, 9.17) is 9.47 Å². The molecule has 0 saturated carbocycles. The van der Waals surface area contributed by atoms with Gasteiger partial charge in [-0.1, -0.05) is 12.1 Å². The van der Waals surface area contributed by atoms with Crippen LogP contribution in [0.3, 0.4) is 0 Å². The zero-order valence-electron chi connectivity index (χ0n) is 13.1. The van der Waals surface area contributed by atoms with Gasteiger partial charge in [-0.15, -0.1) is 11.3 Å². The van der Waals surface area contributed by atoms with Gasteiger partial charge in [0.05, 0.1) is 21.7 Å². The minimum atomic E-state index is -0.438. The summed E-state index contributed by atoms with van der Waals surface area (Å²) in [5.74, 6) is 0.240. The molecule has 0 saturated heterocycles. The van der Waals surface area contributed by atoms with Gasteiger partial charge in [-0.25, -0.2) is 4.98 Å². The Kier molecular flexibility index (Phi) is 5.02. The predicted molar refractivity (Wildman–Crippen MR) is 93.7 cm³/mol. The topological polar surface area (TPSA) is 74.5 Å². The SMILES string of the molecule is CCOCCOc1ccc(-c2nc3ccccc3s2)cc1[N+](=O)[O-]. The first-order valence-corrected chi connectivity index (χ1v) is 8.35. The third kappa shape index (κ3) is 3.52. The lowest BCUT2D eigenvalue weighted by atomic mass is 10.2. The smallest absolute Gasteiger partial charge is 0.311 e. The number of rotatable bonds is 7. The molecule has 1 heterocycles. The predicted octanol–water partition coefficient (Wildman–Crippen LogP) is 4.29. The molecule has 7 heteroatoms. The average molecular weight is 344 g/mol. The van der Waals surface area contributed by atoms with E-state index in [1.165, 1.54) is 17.4 Å². The molecule has 0 aliphatic carbocycles. The van der Waals surface area contributed by atoms with Crippen LogP contribution in [0.1, 0.15) is 6.92 Å². The molecule has 0 unspecified atom stereocenters. The van der Waals surface area contributed by atoms with Gasteiger partial charge in [0, 0.05) is 18.2 Å². The molecule has 124 valence electrons. The standard InChI is InChI=1S/C17H16N2O4S/c1-2-22-9-10-23-15-8-7-12(11-14(15)19(20)21)17-18-13-5-3-4-6-16(13)24-17/h3-8,11H,2,9-10H2,1H3. The van der Waals surface area contributed by atoms with Crippen LogP contribution < -0.4 is 4.74 Å². The van der Waals surface area contributed by atoms with E-state index < -0.39 is 4.92 Å². The van der Waals surface area contributed by atoms with Gasteiger partial charge in [0.15, 0.2) is 5.75 Å². The number of hydrogen-bond acceptors (Lipinski definition) is 6. The molecule has 0 atom stereocenters. The van der Waals surface area contributed by atoms with Crippen LogP contribution in [-0.4, -0.2) is 29.7 Å². The summed E-state index contributed by atoms with van der Waals surface area (Å²) in [5, 5.41) is 12.1. The average Bonchev–Trinajstić information content (AvgIpc) is 3.02. The highest BCUT2D eigenvalue weighted by Gasteiger charge is 2.18. The Morgan fingerprint density at radius 2 is 2.04 bits per heavy atom. The van der Waals surface area contributed by atoms with Crippen molar-refractivity contribution in [2.75, 3.05) is 19.8 Å². The fraction of sp³-hybridized carbons (Fsp3) is 0.235. The monoisotopic (exact) mass is 344 g/mol. The Morgan fingerprint density at radius 3 is 2.79 bits per heavy atom. The summed E-state index contributed by atoms with van der Waals surface area (Å²) in [5.41, 5.74) is 1.53. The Morgan fingerprint density at radius 1 is 1.21 bits per heavy atom. The lowest BCUT2D eigenvalue weighted by Gasteiger charge is -2.07. The van der Waals surface area contributed by atoms with Crippen LogP contribution in [0, 0.1) is 10.1 Å². The lowest BCUT2D eigenvalue weighted by Crippen LogP contribution is -2.07. The first-order valence-electron chi connectivity index (χ1n) is 7.54. The minimum Gasteiger partial charge on any atom is -0.484 e. The number of aromatic nitrogens is 1. The van der Waals surface area contributed by atoms with E-state index in [0.29, 0.717) is 18.8 Å². The van der Waals surface area contributed by atoms with Crippen molar-refractivity contribution >= 4 is 27.2 Å². The second kappa shape index (κ2) is 7.37. The number of ether oxygens (including phenoxy) is 2. The second-order valence-corrected chi connectivity index (χ2v) is 6.00. The fourth-order valence-electron chi connectivity index (χ4n) is 2.27. The van der Waals surface area contributed by atoms with E-state index in [2.05, 4.69) is 4.98 Å². The maximum atomic E-state index is 11.3. The van der Waals surface area contributed by atoms with Crippen LogP contribution >= 0.6 is 11.3 Å². The number of para-hydroxylation sites is 1. The van der Waals surface area contributed by atoms with E-state index in [9.17, 15) is 10.1 Å². The van der Waals surface area contributed by atoms with E-state index in [1.807, 2.05) is 31.2 Å². The first-order chi connectivity index (χ1) is 11.7. The van der Waals surface area contributed by atoms with Gasteiger partial charge in [-0.05, 0) is 31.2 Å². The molecule has 0 spiro atoms. The normalized spacial score (nSPS) is 10.9. The van der Waals surface area contributed by atoms with E-state index in [-0.39, 0.29) is 18.0 Å². The van der Waals surface area contributed by atoms with Crippen LogP contribution in [0.2, 0.25) is 0 Å². The molecular formula is C17H16N2O4S. The lowest BCUT2D eigenvalue weighted by molar-refractivity contribution is -0.385. The van der Waals surface area contributed by atoms with Crippen molar-refractivity contribution in [3.05, 3.63) is 52.6 Å². The maximum Gasteiger partial charge on any atom is 0.311 e. The Hall–Kier alpha value is -2.51. The zero-order valence-corrected chi connectivity index (χ0v) is 13.9. The highest BCUT2D eigenvalue weighted by atomic mass is 32.1. The number of hydrogen-bond donors (Lipinski definition) is 0. The van der Waals surface area contributed by atoms with Crippen LogP contribution in [-0.2, 0) is 4.74 Å². The number of nitrogens with zero attached hydrogens (tertiary/aromatic N) is 2. The Balaban J connectivity index is 1.89. The summed E-state index contributed by atoms with van der Waals surface area (Å²) in [6.07, 6.45) is 0. The largest absolute Gasteiger partial charge is 0.484 e. The van der Waals surface area contributed by atoms with Gasteiger partial charge in [-0.3, -0.25) is 10.1 Å². The number of fused-ring (bicyclic) bond motifs is 1. The molecule has 2 aromatic carbocycles. The molecule has 24 heavy (non-hydrogen) atoms. The summed E-state index contributed by atoms with van der Waals surface area (Å²) in [7, 11) is 0. The summed E-state index contributed by atoms with van der Waals surface area (Å²) in [6, 6.07) is 12.7. The van der Waals surface area contributed by atoms with Gasteiger partial charge < -0.3 is 9.47 Å². The number of nitro groups is 1. The van der Waals surface area contributed by atoms with Crippen LogP contribution in [0.4, 0.5) is 5.69 Å². The molecule has 0 fully saturated rings. The van der Waals surface area contributed by atoms with Crippen LogP contribution in [0.5, 0.6) is 5.75 Å². The first kappa shape index (κ1) is 16.4. The quantitative estimate of drug-likeness (QED) is 0.363. The molecule has 6 nitrogen and oxygen atoms in total. The third-order valence-corrected chi connectivity index (χ3v) is 4.47. The highest BCUT2D eigenvalue weighted by Crippen LogP contribution is 2.35. The number of thiazole rings is 1. The highest BCUT2D eigenvalue weighted by molar-refractivity contribution is 7.21. The Labute approximate surface area is 142 Å². The Bertz CT molecular complexity index is 830. The van der Waals surface area contributed by atoms with Crippen molar-refractivity contribution < 1.29 is 14.4 Å². The molecule has 0 aliphatic rings. The molecule has 1 aromatic heterocycles. The molecule has 0 radical (unpaired) electrons. The third-order valence-electron chi connectivity index (χ3n) is 3.39. The van der Waals surface area contributed by atoms with Gasteiger partial charge >= 0.3 is 5.69 Å². The summed E-state index contributed by atoms with van der Waals surface area (Å²) < 4.78 is 11.7. The summed E-state index contributed by atoms with van der Waals surface area (Å²) in [6.45, 7) is 3.14. The van der Waals surface area contributed by atoms with Crippen molar-refractivity contribution in [3.63, 3.8) is 0 Å². The van der Waals surface area contributed by atoms with Gasteiger partial charge in [0.2, 0.25) is 0 Å². The maximum absolute atomic E-state index is 11.3. The molecule has 0 N–H and O–H groups in total. The zero-order chi connectivity index (χ0) is 16.9. The number of nitro benzene ring substituents is 1. The molecular weight excluding hydrogens is 328 g/mol. The molecule has 0 bridgehead atoms. The molecule has 0 amide bonds. The molecule has 3 rings (SSSR count). The molecule has 0 aliphatic heterocycles.